The van der Waals surface area contributed by atoms with Crippen molar-refractivity contribution in [2.75, 3.05) is 6.54 Å². The number of rotatable bonds is 4. The topological polar surface area (TPSA) is 58.6 Å². The Labute approximate surface area is 148 Å². The molecule has 0 heterocycles. The second kappa shape index (κ2) is 8.81. The maximum atomic E-state index is 12.9. The third kappa shape index (κ3) is 6.06. The summed E-state index contributed by atoms with van der Waals surface area (Å²) in [4.78, 5) is 11.5. The number of alkyl carbamates (subject to hydrolysis) is 1. The number of hydrogen-bond acceptors (Lipinski definition) is 3. The molecule has 2 N–H and O–H groups in total. The number of carbonyl (C=O) groups is 1. The summed E-state index contributed by atoms with van der Waals surface area (Å²) in [6, 6.07) is 12.0. The van der Waals surface area contributed by atoms with Crippen LogP contribution in [0.25, 0.3) is 0 Å². The van der Waals surface area contributed by atoms with Gasteiger partial charge in [-0.05, 0) is 23.8 Å². The molecule has 136 valence electrons. The van der Waals surface area contributed by atoms with Crippen LogP contribution in [0.4, 0.5) is 18.0 Å². The number of carbonyl (C=O) groups excluding carboxylic acids is 1. The summed E-state index contributed by atoms with van der Waals surface area (Å²) in [5, 5.41) is 11.7. The van der Waals surface area contributed by atoms with Crippen molar-refractivity contribution in [2.45, 2.75) is 19.2 Å². The van der Waals surface area contributed by atoms with Gasteiger partial charge < -0.3 is 15.2 Å². The van der Waals surface area contributed by atoms with Crippen molar-refractivity contribution in [2.24, 2.45) is 0 Å². The van der Waals surface area contributed by atoms with E-state index in [-0.39, 0.29) is 25.1 Å². The van der Waals surface area contributed by atoms with Gasteiger partial charge in [0.25, 0.3) is 0 Å². The van der Waals surface area contributed by atoms with Crippen LogP contribution in [0.1, 0.15) is 23.1 Å². The van der Waals surface area contributed by atoms with E-state index < -0.39 is 23.6 Å². The van der Waals surface area contributed by atoms with Gasteiger partial charge in [0.1, 0.15) is 12.4 Å². The van der Waals surface area contributed by atoms with Crippen LogP contribution in [-0.2, 0) is 17.5 Å². The van der Waals surface area contributed by atoms with Gasteiger partial charge in [0.15, 0.2) is 0 Å². The van der Waals surface area contributed by atoms with Crippen molar-refractivity contribution in [1.82, 2.24) is 5.32 Å². The fourth-order valence-electron chi connectivity index (χ4n) is 2.03. The van der Waals surface area contributed by atoms with Crippen LogP contribution in [0.5, 0.6) is 5.75 Å². The van der Waals surface area contributed by atoms with Crippen LogP contribution in [0.3, 0.4) is 0 Å². The zero-order chi connectivity index (χ0) is 19.0. The Morgan fingerprint density at radius 1 is 1.15 bits per heavy atom. The monoisotopic (exact) mass is 363 g/mol. The number of phenolic OH excluding ortho intramolecular Hbond substituents is 1. The predicted molar refractivity (Wildman–Crippen MR) is 89.2 cm³/mol. The number of phenols is 1. The van der Waals surface area contributed by atoms with Crippen molar-refractivity contribution < 1.29 is 27.8 Å². The molecule has 26 heavy (non-hydrogen) atoms. The molecule has 0 unspecified atom stereocenters. The van der Waals surface area contributed by atoms with E-state index in [4.69, 9.17) is 4.74 Å². The van der Waals surface area contributed by atoms with E-state index in [0.717, 1.165) is 17.7 Å². The molecule has 0 aromatic heterocycles. The van der Waals surface area contributed by atoms with Gasteiger partial charge in [-0.25, -0.2) is 4.79 Å². The lowest BCUT2D eigenvalue weighted by Crippen LogP contribution is -2.24. The molecule has 0 atom stereocenters. The summed E-state index contributed by atoms with van der Waals surface area (Å²) in [5.74, 6) is 4.49. The Bertz CT molecular complexity index is 808. The van der Waals surface area contributed by atoms with Gasteiger partial charge in [-0.2, -0.15) is 13.2 Å². The third-order valence-electron chi connectivity index (χ3n) is 3.26. The second-order valence-electron chi connectivity index (χ2n) is 5.27. The minimum absolute atomic E-state index is 0.126. The molecule has 2 aromatic carbocycles. The number of ether oxygens (including phenoxy) is 1. The molecule has 7 heteroatoms. The molecular formula is C19H16F3NO3. The first-order chi connectivity index (χ1) is 12.4. The van der Waals surface area contributed by atoms with Gasteiger partial charge >= 0.3 is 12.3 Å². The summed E-state index contributed by atoms with van der Waals surface area (Å²) in [7, 11) is 0. The molecule has 0 spiro atoms. The van der Waals surface area contributed by atoms with Gasteiger partial charge in [-0.3, -0.25) is 0 Å². The normalized spacial score (nSPS) is 10.6. The minimum atomic E-state index is -4.61. The lowest BCUT2D eigenvalue weighted by Gasteiger charge is -2.09. The number of alkyl halides is 3. The fourth-order valence-corrected chi connectivity index (χ4v) is 2.03. The summed E-state index contributed by atoms with van der Waals surface area (Å²) in [5.41, 5.74) is -0.392. The zero-order valence-electron chi connectivity index (χ0n) is 13.6. The maximum absolute atomic E-state index is 12.9. The first kappa shape index (κ1) is 19.2. The summed E-state index contributed by atoms with van der Waals surface area (Å²) >= 11 is 0. The van der Waals surface area contributed by atoms with E-state index in [1.807, 2.05) is 30.3 Å². The number of amides is 1. The van der Waals surface area contributed by atoms with Crippen molar-refractivity contribution in [3.05, 3.63) is 65.2 Å². The number of halogens is 3. The first-order valence-electron chi connectivity index (χ1n) is 7.70. The van der Waals surface area contributed by atoms with Crippen molar-refractivity contribution in [3.63, 3.8) is 0 Å². The average Bonchev–Trinajstić information content (AvgIpc) is 2.61. The van der Waals surface area contributed by atoms with E-state index in [1.165, 1.54) is 0 Å². The van der Waals surface area contributed by atoms with Gasteiger partial charge in [0, 0.05) is 18.5 Å². The predicted octanol–water partition coefficient (Wildman–Crippen LogP) is 4.08. The molecule has 0 fully saturated rings. The lowest BCUT2D eigenvalue weighted by molar-refractivity contribution is -0.137. The van der Waals surface area contributed by atoms with Gasteiger partial charge in [-0.15, -0.1) is 0 Å². The molecule has 0 bridgehead atoms. The number of hydrogen-bond donors (Lipinski definition) is 2. The Morgan fingerprint density at radius 3 is 2.58 bits per heavy atom. The summed E-state index contributed by atoms with van der Waals surface area (Å²) in [6.45, 7) is 0.265. The molecule has 2 aromatic rings. The lowest BCUT2D eigenvalue weighted by atomic mass is 10.1. The highest BCUT2D eigenvalue weighted by molar-refractivity contribution is 5.67. The first-order valence-corrected chi connectivity index (χ1v) is 7.70. The Balaban J connectivity index is 1.81. The SMILES string of the molecule is O=C(NCCC#Cc1ccc(O)cc1C(F)(F)F)OCc1ccccc1. The van der Waals surface area contributed by atoms with Gasteiger partial charge in [0.2, 0.25) is 0 Å². The Kier molecular flexibility index (Phi) is 6.50. The van der Waals surface area contributed by atoms with Crippen molar-refractivity contribution in [1.29, 1.82) is 0 Å². The molecule has 2 rings (SSSR count). The summed E-state index contributed by atoms with van der Waals surface area (Å²) in [6.07, 6.45) is -5.09. The van der Waals surface area contributed by atoms with Gasteiger partial charge in [0.05, 0.1) is 5.56 Å². The smallest absolute Gasteiger partial charge is 0.417 e. The van der Waals surface area contributed by atoms with Crippen LogP contribution < -0.4 is 5.32 Å². The molecule has 0 aliphatic rings. The highest BCUT2D eigenvalue weighted by Crippen LogP contribution is 2.33. The van der Waals surface area contributed by atoms with Crippen LogP contribution in [0.15, 0.2) is 48.5 Å². The van der Waals surface area contributed by atoms with E-state index in [1.54, 1.807) is 0 Å². The highest BCUT2D eigenvalue weighted by atomic mass is 19.4. The second-order valence-corrected chi connectivity index (χ2v) is 5.27. The molecule has 1 amide bonds. The number of aromatic hydroxyl groups is 1. The Hall–Kier alpha value is -3.14. The molecule has 0 aliphatic carbocycles. The molecule has 0 aliphatic heterocycles. The highest BCUT2D eigenvalue weighted by Gasteiger charge is 2.33. The molecule has 0 saturated carbocycles. The number of nitrogens with one attached hydrogen (secondary N) is 1. The quantitative estimate of drug-likeness (QED) is 0.636. The molecule has 4 nitrogen and oxygen atoms in total. The van der Waals surface area contributed by atoms with E-state index in [2.05, 4.69) is 17.2 Å². The Morgan fingerprint density at radius 2 is 1.88 bits per heavy atom. The molecular weight excluding hydrogens is 347 g/mol. The van der Waals surface area contributed by atoms with Crippen LogP contribution in [0, 0.1) is 11.8 Å². The average molecular weight is 363 g/mol. The third-order valence-corrected chi connectivity index (χ3v) is 3.26. The van der Waals surface area contributed by atoms with Crippen LogP contribution >= 0.6 is 0 Å². The largest absolute Gasteiger partial charge is 0.508 e. The molecule has 0 saturated heterocycles. The summed E-state index contributed by atoms with van der Waals surface area (Å²) < 4.78 is 43.6. The zero-order valence-corrected chi connectivity index (χ0v) is 13.6. The maximum Gasteiger partial charge on any atom is 0.417 e. The minimum Gasteiger partial charge on any atom is -0.508 e. The fraction of sp³-hybridized carbons (Fsp3) is 0.211. The van der Waals surface area contributed by atoms with Crippen LogP contribution in [0.2, 0.25) is 0 Å². The molecule has 0 radical (unpaired) electrons. The van der Waals surface area contributed by atoms with E-state index >= 15 is 0 Å². The number of benzene rings is 2. The van der Waals surface area contributed by atoms with Crippen molar-refractivity contribution in [3.8, 4) is 17.6 Å². The van der Waals surface area contributed by atoms with Crippen molar-refractivity contribution >= 4 is 6.09 Å². The van der Waals surface area contributed by atoms with Gasteiger partial charge in [-0.1, -0.05) is 42.2 Å². The standard InChI is InChI=1S/C19H16F3NO3/c20-19(21,22)17-12-16(24)10-9-15(17)8-4-5-11-23-18(25)26-13-14-6-2-1-3-7-14/h1-3,6-7,9-10,12,24H,5,11,13H2,(H,23,25). The van der Waals surface area contributed by atoms with E-state index in [0.29, 0.717) is 6.07 Å². The van der Waals surface area contributed by atoms with Crippen LogP contribution in [-0.4, -0.2) is 17.7 Å². The van der Waals surface area contributed by atoms with E-state index in [9.17, 15) is 23.1 Å².